The van der Waals surface area contributed by atoms with E-state index in [4.69, 9.17) is 21.1 Å². The van der Waals surface area contributed by atoms with Crippen molar-refractivity contribution in [3.05, 3.63) is 35.2 Å². The first-order chi connectivity index (χ1) is 13.7. The molecule has 8 heteroatoms. The molecule has 1 aromatic carbocycles. The summed E-state index contributed by atoms with van der Waals surface area (Å²) in [7, 11) is 0. The Hall–Kier alpha value is -2.12. The second-order valence-electron chi connectivity index (χ2n) is 6.84. The summed E-state index contributed by atoms with van der Waals surface area (Å²) in [6.45, 7) is 8.89. The number of nitrogens with one attached hydrogen (secondary N) is 2. The van der Waals surface area contributed by atoms with E-state index < -0.39 is 0 Å². The monoisotopic (exact) mass is 404 g/mol. The van der Waals surface area contributed by atoms with Crippen molar-refractivity contribution in [3.63, 3.8) is 0 Å². The Labute approximate surface area is 171 Å². The molecule has 7 nitrogen and oxygen atoms in total. The number of aliphatic imine (C=N–C) groups is 1. The molecule has 0 amide bonds. The summed E-state index contributed by atoms with van der Waals surface area (Å²) in [5, 5.41) is 11.4. The quantitative estimate of drug-likeness (QED) is 0.520. The fourth-order valence-electron chi connectivity index (χ4n) is 3.45. The minimum atomic E-state index is 0.552. The van der Waals surface area contributed by atoms with E-state index in [2.05, 4.69) is 39.5 Å². The van der Waals surface area contributed by atoms with Crippen LogP contribution < -0.4 is 10.6 Å². The van der Waals surface area contributed by atoms with Crippen LogP contribution in [0, 0.1) is 0 Å². The number of guanidine groups is 1. The van der Waals surface area contributed by atoms with Gasteiger partial charge in [0, 0.05) is 36.1 Å². The van der Waals surface area contributed by atoms with Crippen molar-refractivity contribution in [2.75, 3.05) is 32.7 Å². The molecule has 2 N–H and O–H groups in total. The first-order valence-electron chi connectivity index (χ1n) is 10.0. The lowest BCUT2D eigenvalue weighted by molar-refractivity contribution is 0.273. The second kappa shape index (κ2) is 10.4. The van der Waals surface area contributed by atoms with Gasteiger partial charge in [0.25, 0.3) is 0 Å². The molecule has 3 rings (SSSR count). The van der Waals surface area contributed by atoms with Crippen molar-refractivity contribution in [2.24, 2.45) is 4.99 Å². The largest absolute Gasteiger partial charge is 0.357 e. The van der Waals surface area contributed by atoms with Gasteiger partial charge in [-0.25, -0.2) is 0 Å². The van der Waals surface area contributed by atoms with Crippen LogP contribution in [0.1, 0.15) is 32.6 Å². The maximum absolute atomic E-state index is 6.03. The number of benzene rings is 1. The molecule has 0 bridgehead atoms. The third kappa shape index (κ3) is 5.69. The predicted molar refractivity (Wildman–Crippen MR) is 113 cm³/mol. The SMILES string of the molecule is CCNC(=NCC1CCCN1CC)NCCc1nc(-c2cccc(Cl)c2)no1. The molecule has 0 saturated carbocycles. The highest BCUT2D eigenvalue weighted by Crippen LogP contribution is 2.20. The molecule has 2 heterocycles. The van der Waals surface area contributed by atoms with Crippen molar-refractivity contribution < 1.29 is 4.52 Å². The Bertz CT molecular complexity index is 778. The predicted octanol–water partition coefficient (Wildman–Crippen LogP) is 2.97. The molecule has 152 valence electrons. The molecular formula is C20H29ClN6O. The molecule has 1 saturated heterocycles. The van der Waals surface area contributed by atoms with Gasteiger partial charge in [0.15, 0.2) is 5.96 Å². The third-order valence-corrected chi connectivity index (χ3v) is 5.13. The molecule has 0 aliphatic carbocycles. The van der Waals surface area contributed by atoms with Crippen LogP contribution in [0.15, 0.2) is 33.8 Å². The smallest absolute Gasteiger partial charge is 0.228 e. The van der Waals surface area contributed by atoms with Crippen LogP contribution in [0.4, 0.5) is 0 Å². The zero-order chi connectivity index (χ0) is 19.8. The first kappa shape index (κ1) is 20.6. The molecule has 1 aliphatic rings. The van der Waals surface area contributed by atoms with Gasteiger partial charge in [-0.1, -0.05) is 35.8 Å². The normalized spacial score (nSPS) is 17.8. The summed E-state index contributed by atoms with van der Waals surface area (Å²) in [6.07, 6.45) is 3.12. The summed E-state index contributed by atoms with van der Waals surface area (Å²) in [4.78, 5) is 11.7. The molecule has 1 aromatic heterocycles. The van der Waals surface area contributed by atoms with E-state index in [9.17, 15) is 0 Å². The zero-order valence-corrected chi connectivity index (χ0v) is 17.4. The van der Waals surface area contributed by atoms with Gasteiger partial charge in [-0.3, -0.25) is 9.89 Å². The number of likely N-dealkylation sites (N-methyl/N-ethyl adjacent to an activating group) is 1. The average molecular weight is 405 g/mol. The number of hydrogen-bond acceptors (Lipinski definition) is 5. The van der Waals surface area contributed by atoms with Crippen LogP contribution in [-0.4, -0.2) is 59.8 Å². The van der Waals surface area contributed by atoms with Gasteiger partial charge in [-0.15, -0.1) is 0 Å². The zero-order valence-electron chi connectivity index (χ0n) is 16.6. The standard InChI is InChI=1S/C20H29ClN6O/c1-3-22-20(24-14-17-9-6-12-27(17)4-2)23-11-10-18-25-19(26-28-18)15-7-5-8-16(21)13-15/h5,7-8,13,17H,3-4,6,9-12,14H2,1-2H3,(H2,22,23,24). The van der Waals surface area contributed by atoms with Crippen LogP contribution in [-0.2, 0) is 6.42 Å². The van der Waals surface area contributed by atoms with E-state index in [-0.39, 0.29) is 0 Å². The molecule has 28 heavy (non-hydrogen) atoms. The van der Waals surface area contributed by atoms with E-state index >= 15 is 0 Å². The van der Waals surface area contributed by atoms with Crippen LogP contribution >= 0.6 is 11.6 Å². The van der Waals surface area contributed by atoms with Crippen LogP contribution in [0.25, 0.3) is 11.4 Å². The van der Waals surface area contributed by atoms with E-state index in [1.807, 2.05) is 24.3 Å². The Balaban J connectivity index is 1.51. The lowest BCUT2D eigenvalue weighted by Gasteiger charge is -2.21. The summed E-state index contributed by atoms with van der Waals surface area (Å²) < 4.78 is 5.36. The number of nitrogens with zero attached hydrogens (tertiary/aromatic N) is 4. The Kier molecular flexibility index (Phi) is 7.68. The van der Waals surface area contributed by atoms with Gasteiger partial charge in [0.1, 0.15) is 0 Å². The Morgan fingerprint density at radius 2 is 2.25 bits per heavy atom. The number of halogens is 1. The first-order valence-corrected chi connectivity index (χ1v) is 10.4. The van der Waals surface area contributed by atoms with Gasteiger partial charge in [0.2, 0.25) is 11.7 Å². The van der Waals surface area contributed by atoms with E-state index in [1.54, 1.807) is 0 Å². The van der Waals surface area contributed by atoms with Gasteiger partial charge in [0.05, 0.1) is 6.54 Å². The molecule has 2 aromatic rings. The lowest BCUT2D eigenvalue weighted by Crippen LogP contribution is -2.40. The highest BCUT2D eigenvalue weighted by atomic mass is 35.5. The van der Waals surface area contributed by atoms with Gasteiger partial charge >= 0.3 is 0 Å². The van der Waals surface area contributed by atoms with Crippen LogP contribution in [0.2, 0.25) is 5.02 Å². The minimum Gasteiger partial charge on any atom is -0.357 e. The molecule has 1 unspecified atom stereocenters. The Morgan fingerprint density at radius 1 is 1.36 bits per heavy atom. The van der Waals surface area contributed by atoms with Gasteiger partial charge in [-0.2, -0.15) is 4.98 Å². The van der Waals surface area contributed by atoms with Crippen LogP contribution in [0.3, 0.4) is 0 Å². The highest BCUT2D eigenvalue weighted by molar-refractivity contribution is 6.30. The van der Waals surface area contributed by atoms with Crippen molar-refractivity contribution in [1.29, 1.82) is 0 Å². The lowest BCUT2D eigenvalue weighted by atomic mass is 10.2. The molecule has 0 radical (unpaired) electrons. The summed E-state index contributed by atoms with van der Waals surface area (Å²) in [5.41, 5.74) is 0.849. The van der Waals surface area contributed by atoms with Gasteiger partial charge in [-0.05, 0) is 45.0 Å². The molecular weight excluding hydrogens is 376 g/mol. The van der Waals surface area contributed by atoms with E-state index in [0.717, 1.165) is 31.2 Å². The fourth-order valence-corrected chi connectivity index (χ4v) is 3.64. The average Bonchev–Trinajstić information content (AvgIpc) is 3.35. The summed E-state index contributed by atoms with van der Waals surface area (Å²) in [6, 6.07) is 7.99. The minimum absolute atomic E-state index is 0.552. The molecule has 1 aliphatic heterocycles. The Morgan fingerprint density at radius 3 is 3.04 bits per heavy atom. The second-order valence-corrected chi connectivity index (χ2v) is 7.28. The van der Waals surface area contributed by atoms with E-state index in [1.165, 1.54) is 19.4 Å². The summed E-state index contributed by atoms with van der Waals surface area (Å²) in [5.74, 6) is 1.98. The molecule has 0 spiro atoms. The van der Waals surface area contributed by atoms with Crippen molar-refractivity contribution in [2.45, 2.75) is 39.2 Å². The molecule has 1 atom stereocenters. The number of hydrogen-bond donors (Lipinski definition) is 2. The third-order valence-electron chi connectivity index (χ3n) is 4.89. The maximum atomic E-state index is 6.03. The van der Waals surface area contributed by atoms with Crippen LogP contribution in [0.5, 0.6) is 0 Å². The number of likely N-dealkylation sites (tertiary alicyclic amines) is 1. The van der Waals surface area contributed by atoms with Crippen molar-refractivity contribution >= 4 is 17.6 Å². The van der Waals surface area contributed by atoms with Gasteiger partial charge < -0.3 is 15.2 Å². The summed E-state index contributed by atoms with van der Waals surface area (Å²) >= 11 is 6.03. The number of rotatable bonds is 8. The topological polar surface area (TPSA) is 78.6 Å². The van der Waals surface area contributed by atoms with Crippen molar-refractivity contribution in [1.82, 2.24) is 25.7 Å². The highest BCUT2D eigenvalue weighted by Gasteiger charge is 2.22. The van der Waals surface area contributed by atoms with E-state index in [0.29, 0.717) is 35.7 Å². The maximum Gasteiger partial charge on any atom is 0.228 e. The molecule has 1 fully saturated rings. The number of aromatic nitrogens is 2. The fraction of sp³-hybridized carbons (Fsp3) is 0.550. The van der Waals surface area contributed by atoms with Crippen molar-refractivity contribution in [3.8, 4) is 11.4 Å².